The summed E-state index contributed by atoms with van der Waals surface area (Å²) in [5.41, 5.74) is 1.21. The van der Waals surface area contributed by atoms with Crippen LogP contribution in [0.25, 0.3) is 0 Å². The number of hydrogen-bond donors (Lipinski definition) is 1. The van der Waals surface area contributed by atoms with Crippen molar-refractivity contribution in [3.8, 4) is 0 Å². The lowest BCUT2D eigenvalue weighted by Gasteiger charge is -2.26. The Labute approximate surface area is 102 Å². The Bertz CT molecular complexity index is 322. The maximum Gasteiger partial charge on any atom is 0.222 e. The fraction of sp³-hybridized carbons (Fsp3) is 0.667. The smallest absolute Gasteiger partial charge is 0.222 e. The van der Waals surface area contributed by atoms with E-state index >= 15 is 0 Å². The maximum atomic E-state index is 5.32. The summed E-state index contributed by atoms with van der Waals surface area (Å²) in [7, 11) is 1.83. The molecule has 5 heteroatoms. The zero-order valence-corrected chi connectivity index (χ0v) is 10.4. The van der Waals surface area contributed by atoms with E-state index in [4.69, 9.17) is 4.74 Å². The minimum Gasteiger partial charge on any atom is -0.379 e. The summed E-state index contributed by atoms with van der Waals surface area (Å²) < 4.78 is 5.32. The van der Waals surface area contributed by atoms with Crippen LogP contribution in [0, 0.1) is 0 Å². The SMILES string of the molecule is CNc1ncc(CCCN2CCOCC2)cn1. The zero-order chi connectivity index (χ0) is 11.9. The van der Waals surface area contributed by atoms with Crippen LogP contribution in [-0.4, -0.2) is 54.8 Å². The summed E-state index contributed by atoms with van der Waals surface area (Å²) in [5, 5.41) is 2.92. The summed E-state index contributed by atoms with van der Waals surface area (Å²) in [5.74, 6) is 0.682. The van der Waals surface area contributed by atoms with Crippen LogP contribution in [0.2, 0.25) is 0 Å². The van der Waals surface area contributed by atoms with Gasteiger partial charge < -0.3 is 10.1 Å². The molecule has 0 radical (unpaired) electrons. The van der Waals surface area contributed by atoms with Gasteiger partial charge in [-0.2, -0.15) is 0 Å². The van der Waals surface area contributed by atoms with E-state index in [0.29, 0.717) is 5.95 Å². The number of ether oxygens (including phenoxy) is 1. The van der Waals surface area contributed by atoms with Crippen molar-refractivity contribution < 1.29 is 4.74 Å². The first kappa shape index (κ1) is 12.3. The van der Waals surface area contributed by atoms with Gasteiger partial charge in [0, 0.05) is 32.5 Å². The third-order valence-corrected chi connectivity index (χ3v) is 2.97. The Kier molecular flexibility index (Phi) is 4.70. The number of rotatable bonds is 5. The summed E-state index contributed by atoms with van der Waals surface area (Å²) in [6.45, 7) is 5.02. The molecule has 0 atom stereocenters. The predicted octanol–water partition coefficient (Wildman–Crippen LogP) is 0.783. The predicted molar refractivity (Wildman–Crippen MR) is 67.2 cm³/mol. The van der Waals surface area contributed by atoms with E-state index in [1.165, 1.54) is 5.56 Å². The molecule has 1 aromatic rings. The molecule has 0 bridgehead atoms. The molecule has 0 unspecified atom stereocenters. The molecule has 2 heterocycles. The number of aryl methyl sites for hydroxylation is 1. The van der Waals surface area contributed by atoms with Crippen molar-refractivity contribution >= 4 is 5.95 Å². The van der Waals surface area contributed by atoms with Gasteiger partial charge >= 0.3 is 0 Å². The summed E-state index contributed by atoms with van der Waals surface area (Å²) in [4.78, 5) is 10.9. The van der Waals surface area contributed by atoms with Crippen LogP contribution in [0.1, 0.15) is 12.0 Å². The molecule has 0 amide bonds. The first-order valence-electron chi connectivity index (χ1n) is 6.17. The van der Waals surface area contributed by atoms with Gasteiger partial charge in [0.15, 0.2) is 0 Å². The van der Waals surface area contributed by atoms with E-state index in [-0.39, 0.29) is 0 Å². The largest absolute Gasteiger partial charge is 0.379 e. The molecule has 0 aromatic carbocycles. The number of morpholine rings is 1. The van der Waals surface area contributed by atoms with Crippen molar-refractivity contribution in [3.63, 3.8) is 0 Å². The summed E-state index contributed by atoms with van der Waals surface area (Å²) in [6.07, 6.45) is 6.00. The second-order valence-corrected chi connectivity index (χ2v) is 4.22. The molecule has 0 spiro atoms. The van der Waals surface area contributed by atoms with Gasteiger partial charge in [0.25, 0.3) is 0 Å². The van der Waals surface area contributed by atoms with Crippen LogP contribution >= 0.6 is 0 Å². The first-order chi connectivity index (χ1) is 8.38. The lowest BCUT2D eigenvalue weighted by atomic mass is 10.2. The Morgan fingerprint density at radius 2 is 2.00 bits per heavy atom. The minimum atomic E-state index is 0.682. The van der Waals surface area contributed by atoms with E-state index < -0.39 is 0 Å². The van der Waals surface area contributed by atoms with Crippen molar-refractivity contribution in [1.82, 2.24) is 14.9 Å². The number of hydrogen-bond acceptors (Lipinski definition) is 5. The normalized spacial score (nSPS) is 17.0. The molecule has 1 fully saturated rings. The van der Waals surface area contributed by atoms with E-state index in [2.05, 4.69) is 20.2 Å². The van der Waals surface area contributed by atoms with Crippen molar-refractivity contribution in [3.05, 3.63) is 18.0 Å². The Hall–Kier alpha value is -1.20. The average molecular weight is 236 g/mol. The fourth-order valence-electron chi connectivity index (χ4n) is 1.94. The Balaban J connectivity index is 1.69. The quantitative estimate of drug-likeness (QED) is 0.819. The number of nitrogens with one attached hydrogen (secondary N) is 1. The number of aromatic nitrogens is 2. The molecule has 5 nitrogen and oxygen atoms in total. The van der Waals surface area contributed by atoms with Gasteiger partial charge in [-0.3, -0.25) is 4.90 Å². The van der Waals surface area contributed by atoms with E-state index in [1.54, 1.807) is 0 Å². The second-order valence-electron chi connectivity index (χ2n) is 4.22. The molecular formula is C12H20N4O. The van der Waals surface area contributed by atoms with Gasteiger partial charge in [0.05, 0.1) is 13.2 Å². The lowest BCUT2D eigenvalue weighted by Crippen LogP contribution is -2.36. The van der Waals surface area contributed by atoms with Crippen LogP contribution in [-0.2, 0) is 11.2 Å². The van der Waals surface area contributed by atoms with Crippen molar-refractivity contribution in [2.45, 2.75) is 12.8 Å². The molecular weight excluding hydrogens is 216 g/mol. The minimum absolute atomic E-state index is 0.682. The zero-order valence-electron chi connectivity index (χ0n) is 10.4. The molecule has 1 aromatic heterocycles. The summed E-state index contributed by atoms with van der Waals surface area (Å²) in [6, 6.07) is 0. The van der Waals surface area contributed by atoms with Crippen molar-refractivity contribution in [2.24, 2.45) is 0 Å². The third-order valence-electron chi connectivity index (χ3n) is 2.97. The van der Waals surface area contributed by atoms with Crippen LogP contribution in [0.15, 0.2) is 12.4 Å². The first-order valence-corrected chi connectivity index (χ1v) is 6.17. The van der Waals surface area contributed by atoms with Gasteiger partial charge in [-0.25, -0.2) is 9.97 Å². The van der Waals surface area contributed by atoms with Gasteiger partial charge in [-0.05, 0) is 24.9 Å². The van der Waals surface area contributed by atoms with Crippen LogP contribution in [0.3, 0.4) is 0 Å². The Morgan fingerprint density at radius 3 is 2.65 bits per heavy atom. The maximum absolute atomic E-state index is 5.32. The van der Waals surface area contributed by atoms with Gasteiger partial charge in [0.2, 0.25) is 5.95 Å². The number of nitrogens with zero attached hydrogens (tertiary/aromatic N) is 3. The standard InChI is InChI=1S/C12H20N4O/c1-13-12-14-9-11(10-15-12)3-2-4-16-5-7-17-8-6-16/h9-10H,2-8H2,1H3,(H,13,14,15). The highest BCUT2D eigenvalue weighted by Gasteiger charge is 2.09. The fourth-order valence-corrected chi connectivity index (χ4v) is 1.94. The molecule has 1 aliphatic rings. The van der Waals surface area contributed by atoms with Crippen molar-refractivity contribution in [1.29, 1.82) is 0 Å². The van der Waals surface area contributed by atoms with Crippen molar-refractivity contribution in [2.75, 3.05) is 45.2 Å². The molecule has 94 valence electrons. The van der Waals surface area contributed by atoms with E-state index in [9.17, 15) is 0 Å². The Morgan fingerprint density at radius 1 is 1.29 bits per heavy atom. The second kappa shape index (κ2) is 6.51. The monoisotopic (exact) mass is 236 g/mol. The third kappa shape index (κ3) is 3.94. The highest BCUT2D eigenvalue weighted by Crippen LogP contribution is 2.05. The molecule has 1 aliphatic heterocycles. The lowest BCUT2D eigenvalue weighted by molar-refractivity contribution is 0.0374. The van der Waals surface area contributed by atoms with E-state index in [0.717, 1.165) is 45.7 Å². The molecule has 1 saturated heterocycles. The van der Waals surface area contributed by atoms with Crippen LogP contribution in [0.5, 0.6) is 0 Å². The van der Waals surface area contributed by atoms with Gasteiger partial charge in [0.1, 0.15) is 0 Å². The van der Waals surface area contributed by atoms with Gasteiger partial charge in [-0.1, -0.05) is 0 Å². The molecule has 17 heavy (non-hydrogen) atoms. The highest BCUT2D eigenvalue weighted by molar-refractivity contribution is 5.23. The van der Waals surface area contributed by atoms with Crippen LogP contribution < -0.4 is 5.32 Å². The summed E-state index contributed by atoms with van der Waals surface area (Å²) >= 11 is 0. The molecule has 1 N–H and O–H groups in total. The van der Waals surface area contributed by atoms with Gasteiger partial charge in [-0.15, -0.1) is 0 Å². The molecule has 0 aliphatic carbocycles. The average Bonchev–Trinajstić information content (AvgIpc) is 2.41. The topological polar surface area (TPSA) is 50.3 Å². The molecule has 0 saturated carbocycles. The van der Waals surface area contributed by atoms with Crippen LogP contribution in [0.4, 0.5) is 5.95 Å². The highest BCUT2D eigenvalue weighted by atomic mass is 16.5. The van der Waals surface area contributed by atoms with E-state index in [1.807, 2.05) is 19.4 Å². The molecule has 2 rings (SSSR count). The number of anilines is 1.